The number of allylic oxidation sites excluding steroid dienone is 1. The fraction of sp³-hybridized carbons (Fsp3) is 0. The molecule has 2 nitrogen and oxygen atoms in total. The molecule has 0 radical (unpaired) electrons. The SMILES string of the molecule is O=C(/C=C/c1ccco1)c1cccc2ccccc12. The van der Waals surface area contributed by atoms with Crippen LogP contribution in [-0.4, -0.2) is 5.78 Å². The molecule has 92 valence electrons. The van der Waals surface area contributed by atoms with Crippen molar-refractivity contribution in [2.75, 3.05) is 0 Å². The molecular weight excluding hydrogens is 236 g/mol. The summed E-state index contributed by atoms with van der Waals surface area (Å²) < 4.78 is 5.17. The third kappa shape index (κ3) is 2.33. The van der Waals surface area contributed by atoms with Gasteiger partial charge in [-0.1, -0.05) is 42.5 Å². The number of hydrogen-bond donors (Lipinski definition) is 0. The number of furan rings is 1. The lowest BCUT2D eigenvalue weighted by Crippen LogP contribution is -1.95. The molecule has 0 bridgehead atoms. The van der Waals surface area contributed by atoms with Gasteiger partial charge in [0.15, 0.2) is 5.78 Å². The number of carbonyl (C=O) groups is 1. The molecule has 0 fully saturated rings. The summed E-state index contributed by atoms with van der Waals surface area (Å²) in [6, 6.07) is 17.2. The molecule has 0 aliphatic rings. The Hall–Kier alpha value is -2.61. The highest BCUT2D eigenvalue weighted by Gasteiger charge is 2.06. The van der Waals surface area contributed by atoms with Crippen molar-refractivity contribution in [1.29, 1.82) is 0 Å². The standard InChI is InChI=1S/C17H12O2/c18-17(11-10-14-7-4-12-19-14)16-9-3-6-13-5-1-2-8-15(13)16/h1-12H/b11-10+. The normalized spacial score (nSPS) is 11.2. The first-order chi connectivity index (χ1) is 9.34. The number of rotatable bonds is 3. The van der Waals surface area contributed by atoms with Crippen LogP contribution in [0.2, 0.25) is 0 Å². The van der Waals surface area contributed by atoms with Crippen molar-refractivity contribution in [3.63, 3.8) is 0 Å². The van der Waals surface area contributed by atoms with Crippen LogP contribution < -0.4 is 0 Å². The van der Waals surface area contributed by atoms with Crippen molar-refractivity contribution >= 4 is 22.6 Å². The molecule has 0 saturated carbocycles. The summed E-state index contributed by atoms with van der Waals surface area (Å²) in [4.78, 5) is 12.2. The first-order valence-electron chi connectivity index (χ1n) is 6.08. The third-order valence-electron chi connectivity index (χ3n) is 3.00. The van der Waals surface area contributed by atoms with Gasteiger partial charge in [0, 0.05) is 5.56 Å². The smallest absolute Gasteiger partial charge is 0.186 e. The molecule has 0 aliphatic heterocycles. The second-order valence-corrected chi connectivity index (χ2v) is 4.24. The number of benzene rings is 2. The fourth-order valence-corrected chi connectivity index (χ4v) is 2.07. The van der Waals surface area contributed by atoms with Gasteiger partial charge in [0.25, 0.3) is 0 Å². The van der Waals surface area contributed by atoms with E-state index in [1.54, 1.807) is 24.5 Å². The monoisotopic (exact) mass is 248 g/mol. The van der Waals surface area contributed by atoms with Gasteiger partial charge >= 0.3 is 0 Å². The van der Waals surface area contributed by atoms with E-state index in [-0.39, 0.29) is 5.78 Å². The molecule has 1 aromatic heterocycles. The Morgan fingerprint density at radius 1 is 0.947 bits per heavy atom. The Morgan fingerprint density at radius 2 is 1.79 bits per heavy atom. The van der Waals surface area contributed by atoms with Crippen molar-refractivity contribution in [1.82, 2.24) is 0 Å². The highest BCUT2D eigenvalue weighted by Crippen LogP contribution is 2.19. The minimum Gasteiger partial charge on any atom is -0.465 e. The maximum absolute atomic E-state index is 12.2. The van der Waals surface area contributed by atoms with Crippen LogP contribution >= 0.6 is 0 Å². The van der Waals surface area contributed by atoms with Gasteiger partial charge in [-0.3, -0.25) is 4.79 Å². The summed E-state index contributed by atoms with van der Waals surface area (Å²) in [5.41, 5.74) is 0.709. The Bertz CT molecular complexity index is 732. The van der Waals surface area contributed by atoms with E-state index >= 15 is 0 Å². The van der Waals surface area contributed by atoms with E-state index in [4.69, 9.17) is 4.42 Å². The van der Waals surface area contributed by atoms with Gasteiger partial charge in [-0.2, -0.15) is 0 Å². The van der Waals surface area contributed by atoms with Gasteiger partial charge in [-0.15, -0.1) is 0 Å². The molecular formula is C17H12O2. The van der Waals surface area contributed by atoms with Crippen molar-refractivity contribution in [2.24, 2.45) is 0 Å². The highest BCUT2D eigenvalue weighted by atomic mass is 16.3. The van der Waals surface area contributed by atoms with Crippen molar-refractivity contribution in [3.05, 3.63) is 78.3 Å². The summed E-state index contributed by atoms with van der Waals surface area (Å²) in [5.74, 6) is 0.654. The topological polar surface area (TPSA) is 30.2 Å². The fourth-order valence-electron chi connectivity index (χ4n) is 2.07. The molecule has 0 unspecified atom stereocenters. The molecule has 0 atom stereocenters. The van der Waals surface area contributed by atoms with Crippen LogP contribution in [0.4, 0.5) is 0 Å². The van der Waals surface area contributed by atoms with Crippen molar-refractivity contribution in [3.8, 4) is 0 Å². The summed E-state index contributed by atoms with van der Waals surface area (Å²) >= 11 is 0. The van der Waals surface area contributed by atoms with E-state index in [1.165, 1.54) is 0 Å². The van der Waals surface area contributed by atoms with E-state index in [1.807, 2.05) is 48.5 Å². The first kappa shape index (κ1) is 11.5. The van der Waals surface area contributed by atoms with E-state index in [0.29, 0.717) is 11.3 Å². The second-order valence-electron chi connectivity index (χ2n) is 4.24. The van der Waals surface area contributed by atoms with Crippen LogP contribution in [0, 0.1) is 0 Å². The molecule has 1 heterocycles. The van der Waals surface area contributed by atoms with Crippen LogP contribution in [0.3, 0.4) is 0 Å². The summed E-state index contributed by atoms with van der Waals surface area (Å²) in [6.45, 7) is 0. The molecule has 0 saturated heterocycles. The van der Waals surface area contributed by atoms with Crippen LogP contribution in [0.15, 0.2) is 71.4 Å². The van der Waals surface area contributed by atoms with E-state index in [0.717, 1.165) is 10.8 Å². The Labute approximate surface area is 111 Å². The lowest BCUT2D eigenvalue weighted by molar-refractivity contribution is 0.104. The molecule has 2 heteroatoms. The van der Waals surface area contributed by atoms with E-state index in [2.05, 4.69) is 0 Å². The maximum atomic E-state index is 12.2. The van der Waals surface area contributed by atoms with Crippen LogP contribution in [-0.2, 0) is 0 Å². The van der Waals surface area contributed by atoms with Crippen LogP contribution in [0.5, 0.6) is 0 Å². The molecule has 0 spiro atoms. The quantitative estimate of drug-likeness (QED) is 0.510. The zero-order valence-electron chi connectivity index (χ0n) is 10.2. The number of carbonyl (C=O) groups excluding carboxylic acids is 1. The van der Waals surface area contributed by atoms with Gasteiger partial charge in [-0.05, 0) is 35.1 Å². The van der Waals surface area contributed by atoms with E-state index in [9.17, 15) is 4.79 Å². The lowest BCUT2D eigenvalue weighted by atomic mass is 10.0. The molecule has 3 rings (SSSR count). The second kappa shape index (κ2) is 4.94. The van der Waals surface area contributed by atoms with Crippen LogP contribution in [0.1, 0.15) is 16.1 Å². The summed E-state index contributed by atoms with van der Waals surface area (Å²) in [7, 11) is 0. The molecule has 0 aliphatic carbocycles. The third-order valence-corrected chi connectivity index (χ3v) is 3.00. The molecule has 0 N–H and O–H groups in total. The van der Waals surface area contributed by atoms with Gasteiger partial charge in [0.1, 0.15) is 5.76 Å². The summed E-state index contributed by atoms with van der Waals surface area (Å²) in [5, 5.41) is 2.04. The first-order valence-corrected chi connectivity index (χ1v) is 6.08. The zero-order valence-corrected chi connectivity index (χ0v) is 10.2. The van der Waals surface area contributed by atoms with Crippen molar-refractivity contribution in [2.45, 2.75) is 0 Å². The Balaban J connectivity index is 1.98. The lowest BCUT2D eigenvalue weighted by Gasteiger charge is -2.02. The highest BCUT2D eigenvalue weighted by molar-refractivity contribution is 6.14. The zero-order chi connectivity index (χ0) is 13.1. The van der Waals surface area contributed by atoms with E-state index < -0.39 is 0 Å². The predicted octanol–water partition coefficient (Wildman–Crippen LogP) is 4.33. The minimum atomic E-state index is -0.0202. The Kier molecular flexibility index (Phi) is 2.99. The number of fused-ring (bicyclic) bond motifs is 1. The predicted molar refractivity (Wildman–Crippen MR) is 76.0 cm³/mol. The molecule has 19 heavy (non-hydrogen) atoms. The largest absolute Gasteiger partial charge is 0.465 e. The molecule has 0 amide bonds. The average molecular weight is 248 g/mol. The van der Waals surface area contributed by atoms with Crippen LogP contribution in [0.25, 0.3) is 16.8 Å². The van der Waals surface area contributed by atoms with Crippen molar-refractivity contribution < 1.29 is 9.21 Å². The number of ketones is 1. The minimum absolute atomic E-state index is 0.0202. The Morgan fingerprint density at radius 3 is 2.63 bits per heavy atom. The van der Waals surface area contributed by atoms with Gasteiger partial charge in [0.05, 0.1) is 6.26 Å². The maximum Gasteiger partial charge on any atom is 0.186 e. The summed E-state index contributed by atoms with van der Waals surface area (Å²) in [6.07, 6.45) is 4.81. The molecule has 2 aromatic carbocycles. The molecule has 3 aromatic rings. The van der Waals surface area contributed by atoms with Gasteiger partial charge in [-0.25, -0.2) is 0 Å². The van der Waals surface area contributed by atoms with Gasteiger partial charge < -0.3 is 4.42 Å². The van der Waals surface area contributed by atoms with Gasteiger partial charge in [0.2, 0.25) is 0 Å². The number of hydrogen-bond acceptors (Lipinski definition) is 2. The average Bonchev–Trinajstić information content (AvgIpc) is 2.97.